The summed E-state index contributed by atoms with van der Waals surface area (Å²) in [6, 6.07) is 10.5. The Bertz CT molecular complexity index is 931. The van der Waals surface area contributed by atoms with Crippen LogP contribution in [-0.2, 0) is 19.0 Å². The summed E-state index contributed by atoms with van der Waals surface area (Å²) in [7, 11) is -3.42. The first-order valence-corrected chi connectivity index (χ1v) is 13.6. The molecule has 1 aromatic carbocycles. The Morgan fingerprint density at radius 1 is 1.18 bits per heavy atom. The fourth-order valence-electron chi connectivity index (χ4n) is 4.51. The molecular weight excluding hydrogens is 440 g/mol. The predicted molar refractivity (Wildman–Crippen MR) is 130 cm³/mol. The molecule has 1 saturated heterocycles. The Hall–Kier alpha value is -1.90. The summed E-state index contributed by atoms with van der Waals surface area (Å²) in [6.07, 6.45) is 5.67. The van der Waals surface area contributed by atoms with Gasteiger partial charge in [0.05, 0.1) is 12.9 Å². The summed E-state index contributed by atoms with van der Waals surface area (Å²) < 4.78 is 33.0. The van der Waals surface area contributed by atoms with Gasteiger partial charge < -0.3 is 14.5 Å². The summed E-state index contributed by atoms with van der Waals surface area (Å²) >= 11 is 0. The maximum atomic E-state index is 13.2. The minimum Gasteiger partial charge on any atom is -0.444 e. The number of hydrogen-bond acceptors (Lipinski definition) is 6. The van der Waals surface area contributed by atoms with Crippen LogP contribution in [0.4, 0.5) is 4.79 Å². The largest absolute Gasteiger partial charge is 0.444 e. The number of carbonyl (C=O) groups excluding carboxylic acids is 1. The van der Waals surface area contributed by atoms with E-state index in [0.717, 1.165) is 38.6 Å². The maximum Gasteiger partial charge on any atom is 0.410 e. The fraction of sp³-hybridized carbons (Fsp3) is 0.640. The van der Waals surface area contributed by atoms with Gasteiger partial charge >= 0.3 is 6.09 Å². The van der Waals surface area contributed by atoms with E-state index in [2.05, 4.69) is 30.0 Å². The lowest BCUT2D eigenvalue weighted by molar-refractivity contribution is 0.00433. The topological polar surface area (TPSA) is 76.2 Å². The molecule has 0 bridgehead atoms. The number of likely N-dealkylation sites (tertiary alicyclic amines) is 1. The Morgan fingerprint density at radius 3 is 2.39 bits per heavy atom. The zero-order chi connectivity index (χ0) is 24.2. The average molecular weight is 479 g/mol. The SMILES string of the molecule is CC(=Cc1ccccc1)[C@@H]1C[C@H]1N(C(=O)OC(C)(C)C)C1CCN(CCOS(C)(=O)=O)CC1. The van der Waals surface area contributed by atoms with Crippen LogP contribution in [0.5, 0.6) is 0 Å². The normalized spacial score (nSPS) is 22.8. The molecule has 0 spiro atoms. The van der Waals surface area contributed by atoms with Crippen LogP contribution in [0.25, 0.3) is 6.08 Å². The second-order valence-electron chi connectivity index (χ2n) is 10.2. The number of nitrogens with zero attached hydrogens (tertiary/aromatic N) is 2. The number of benzene rings is 1. The molecule has 1 aliphatic heterocycles. The second kappa shape index (κ2) is 10.6. The van der Waals surface area contributed by atoms with Crippen molar-refractivity contribution in [2.24, 2.45) is 5.92 Å². The Kier molecular flexibility index (Phi) is 8.24. The summed E-state index contributed by atoms with van der Waals surface area (Å²) in [5.74, 6) is 0.346. The number of rotatable bonds is 8. The third kappa shape index (κ3) is 8.12. The van der Waals surface area contributed by atoms with Crippen LogP contribution in [0.1, 0.15) is 52.5 Å². The number of ether oxygens (including phenoxy) is 1. The molecule has 3 rings (SSSR count). The molecule has 0 radical (unpaired) electrons. The molecule has 1 aromatic rings. The van der Waals surface area contributed by atoms with E-state index in [1.807, 2.05) is 43.9 Å². The van der Waals surface area contributed by atoms with Crippen LogP contribution in [0.2, 0.25) is 0 Å². The summed E-state index contributed by atoms with van der Waals surface area (Å²) in [5, 5.41) is 0. The van der Waals surface area contributed by atoms with Crippen molar-refractivity contribution in [3.05, 3.63) is 41.5 Å². The summed E-state index contributed by atoms with van der Waals surface area (Å²) in [5.41, 5.74) is 1.92. The van der Waals surface area contributed by atoms with Crippen LogP contribution in [-0.4, -0.2) is 74.5 Å². The van der Waals surface area contributed by atoms with E-state index in [-0.39, 0.29) is 24.8 Å². The van der Waals surface area contributed by atoms with Crippen LogP contribution in [0, 0.1) is 5.92 Å². The monoisotopic (exact) mass is 478 g/mol. The molecule has 1 aliphatic carbocycles. The smallest absolute Gasteiger partial charge is 0.410 e. The lowest BCUT2D eigenvalue weighted by atomic mass is 10.0. The zero-order valence-corrected chi connectivity index (χ0v) is 21.3. The van der Waals surface area contributed by atoms with E-state index in [0.29, 0.717) is 12.5 Å². The van der Waals surface area contributed by atoms with Crippen molar-refractivity contribution in [3.63, 3.8) is 0 Å². The molecular formula is C25H38N2O5S. The van der Waals surface area contributed by atoms with Crippen molar-refractivity contribution in [1.29, 1.82) is 0 Å². The predicted octanol–water partition coefficient (Wildman–Crippen LogP) is 4.16. The van der Waals surface area contributed by atoms with Gasteiger partial charge in [-0.3, -0.25) is 4.18 Å². The van der Waals surface area contributed by atoms with Crippen molar-refractivity contribution in [2.75, 3.05) is 32.5 Å². The molecule has 0 N–H and O–H groups in total. The molecule has 2 atom stereocenters. The highest BCUT2D eigenvalue weighted by atomic mass is 32.2. The maximum absolute atomic E-state index is 13.2. The first kappa shape index (κ1) is 25.7. The molecule has 0 aromatic heterocycles. The molecule has 184 valence electrons. The van der Waals surface area contributed by atoms with Crippen molar-refractivity contribution in [3.8, 4) is 0 Å². The van der Waals surface area contributed by atoms with E-state index in [4.69, 9.17) is 8.92 Å². The van der Waals surface area contributed by atoms with E-state index in [9.17, 15) is 13.2 Å². The first-order valence-electron chi connectivity index (χ1n) is 11.7. The van der Waals surface area contributed by atoms with Crippen molar-refractivity contribution >= 4 is 22.3 Å². The van der Waals surface area contributed by atoms with Crippen molar-refractivity contribution in [2.45, 2.75) is 64.6 Å². The average Bonchev–Trinajstić information content (AvgIpc) is 3.48. The van der Waals surface area contributed by atoms with Gasteiger partial charge in [-0.25, -0.2) is 4.79 Å². The van der Waals surface area contributed by atoms with Gasteiger partial charge in [0, 0.05) is 37.6 Å². The Labute approximate surface area is 198 Å². The first-order chi connectivity index (χ1) is 15.4. The van der Waals surface area contributed by atoms with Gasteiger partial charge in [-0.05, 0) is 52.5 Å². The van der Waals surface area contributed by atoms with Crippen LogP contribution in [0.3, 0.4) is 0 Å². The van der Waals surface area contributed by atoms with Gasteiger partial charge in [-0.15, -0.1) is 0 Å². The third-order valence-corrected chi connectivity index (χ3v) is 6.75. The molecule has 7 nitrogen and oxygen atoms in total. The van der Waals surface area contributed by atoms with Crippen LogP contribution in [0.15, 0.2) is 35.9 Å². The summed E-state index contributed by atoms with van der Waals surface area (Å²) in [4.78, 5) is 17.4. The quantitative estimate of drug-likeness (QED) is 0.523. The number of carbonyl (C=O) groups is 1. The van der Waals surface area contributed by atoms with Crippen molar-refractivity contribution in [1.82, 2.24) is 9.80 Å². The van der Waals surface area contributed by atoms with Gasteiger partial charge in [-0.1, -0.05) is 42.0 Å². The van der Waals surface area contributed by atoms with E-state index in [1.165, 1.54) is 11.1 Å². The molecule has 1 amide bonds. The number of amides is 1. The number of hydrogen-bond donors (Lipinski definition) is 0. The van der Waals surface area contributed by atoms with E-state index >= 15 is 0 Å². The van der Waals surface area contributed by atoms with Crippen LogP contribution < -0.4 is 0 Å². The molecule has 8 heteroatoms. The highest BCUT2D eigenvalue weighted by Gasteiger charge is 2.48. The van der Waals surface area contributed by atoms with Gasteiger partial charge in [0.15, 0.2) is 0 Å². The van der Waals surface area contributed by atoms with Crippen LogP contribution >= 0.6 is 0 Å². The third-order valence-electron chi connectivity index (χ3n) is 6.15. The summed E-state index contributed by atoms with van der Waals surface area (Å²) in [6.45, 7) is 10.2. The Morgan fingerprint density at radius 2 is 1.82 bits per heavy atom. The molecule has 0 unspecified atom stereocenters. The lowest BCUT2D eigenvalue weighted by Gasteiger charge is -2.39. The minimum absolute atomic E-state index is 0.117. The fourth-order valence-corrected chi connectivity index (χ4v) is 4.88. The highest BCUT2D eigenvalue weighted by Crippen LogP contribution is 2.44. The molecule has 2 aliphatic rings. The molecule has 2 fully saturated rings. The van der Waals surface area contributed by atoms with E-state index in [1.54, 1.807) is 0 Å². The van der Waals surface area contributed by atoms with Gasteiger partial charge in [0.2, 0.25) is 0 Å². The van der Waals surface area contributed by atoms with Gasteiger partial charge in [-0.2, -0.15) is 8.42 Å². The molecule has 1 heterocycles. The van der Waals surface area contributed by atoms with E-state index < -0.39 is 15.7 Å². The zero-order valence-electron chi connectivity index (χ0n) is 20.5. The second-order valence-corrected chi connectivity index (χ2v) is 11.8. The van der Waals surface area contributed by atoms with Gasteiger partial charge in [0.1, 0.15) is 5.60 Å². The standard InChI is InChI=1S/C25H38N2O5S/c1-19(17-20-9-7-6-8-10-20)22-18-23(22)27(24(28)32-25(2,3)4)21-11-13-26(14-12-21)15-16-31-33(5,29)30/h6-10,17,21-23H,11-16,18H2,1-5H3/t22-,23+/m0/s1. The minimum atomic E-state index is -3.42. The van der Waals surface area contributed by atoms with Gasteiger partial charge in [0.25, 0.3) is 10.1 Å². The number of piperidine rings is 1. The Balaban J connectivity index is 1.64. The lowest BCUT2D eigenvalue weighted by Crippen LogP contribution is -2.50. The van der Waals surface area contributed by atoms with Crippen molar-refractivity contribution < 1.29 is 22.1 Å². The highest BCUT2D eigenvalue weighted by molar-refractivity contribution is 7.85. The molecule has 1 saturated carbocycles. The molecule has 33 heavy (non-hydrogen) atoms.